The Morgan fingerprint density at radius 3 is 2.52 bits per heavy atom. The molecule has 140 valence electrons. The summed E-state index contributed by atoms with van der Waals surface area (Å²) in [5, 5.41) is 9.62. The van der Waals surface area contributed by atoms with Gasteiger partial charge in [-0.25, -0.2) is 0 Å². The first-order valence-electron chi connectivity index (χ1n) is 8.40. The Bertz CT molecular complexity index is 897. The van der Waals surface area contributed by atoms with Crippen molar-refractivity contribution in [1.29, 1.82) is 0 Å². The number of anilines is 1. The van der Waals surface area contributed by atoms with Gasteiger partial charge in [-0.15, -0.1) is 0 Å². The summed E-state index contributed by atoms with van der Waals surface area (Å²) >= 11 is 5.27. The molecular weight excluding hydrogens is 362 g/mol. The molecule has 7 heteroatoms. The molecule has 0 spiro atoms. The highest BCUT2D eigenvalue weighted by molar-refractivity contribution is 7.80. The van der Waals surface area contributed by atoms with Crippen molar-refractivity contribution in [2.75, 3.05) is 19.5 Å². The number of allylic oxidation sites excluding steroid dienone is 1. The van der Waals surface area contributed by atoms with Gasteiger partial charge in [0.2, 0.25) is 0 Å². The van der Waals surface area contributed by atoms with E-state index in [1.807, 2.05) is 37.3 Å². The summed E-state index contributed by atoms with van der Waals surface area (Å²) in [5.74, 6) is 0.922. The zero-order chi connectivity index (χ0) is 19.4. The molecule has 3 N–H and O–H groups in total. The topological polar surface area (TPSA) is 71.6 Å². The molecule has 1 heterocycles. The van der Waals surface area contributed by atoms with E-state index < -0.39 is 0 Å². The monoisotopic (exact) mass is 383 g/mol. The van der Waals surface area contributed by atoms with Gasteiger partial charge in [0.25, 0.3) is 5.91 Å². The van der Waals surface area contributed by atoms with Gasteiger partial charge in [-0.3, -0.25) is 4.79 Å². The van der Waals surface area contributed by atoms with Gasteiger partial charge >= 0.3 is 0 Å². The van der Waals surface area contributed by atoms with E-state index in [4.69, 9.17) is 21.7 Å². The van der Waals surface area contributed by atoms with Crippen LogP contribution in [-0.4, -0.2) is 25.2 Å². The predicted octanol–water partition coefficient (Wildman–Crippen LogP) is 3.14. The molecule has 0 aromatic heterocycles. The zero-order valence-corrected chi connectivity index (χ0v) is 16.1. The Balaban J connectivity index is 1.94. The van der Waals surface area contributed by atoms with Crippen molar-refractivity contribution in [3.05, 3.63) is 65.4 Å². The lowest BCUT2D eigenvalue weighted by Crippen LogP contribution is -2.45. The Kier molecular flexibility index (Phi) is 5.61. The van der Waals surface area contributed by atoms with Gasteiger partial charge in [0.1, 0.15) is 11.5 Å². The highest BCUT2D eigenvalue weighted by Crippen LogP contribution is 2.32. The van der Waals surface area contributed by atoms with Gasteiger partial charge < -0.3 is 25.4 Å². The van der Waals surface area contributed by atoms with E-state index in [0.29, 0.717) is 33.6 Å². The number of hydrogen-bond donors (Lipinski definition) is 3. The van der Waals surface area contributed by atoms with Crippen molar-refractivity contribution in [2.24, 2.45) is 0 Å². The lowest BCUT2D eigenvalue weighted by atomic mass is 9.95. The van der Waals surface area contributed by atoms with Crippen LogP contribution in [0.4, 0.5) is 5.69 Å². The number of amides is 1. The van der Waals surface area contributed by atoms with Gasteiger partial charge in [-0.2, -0.15) is 0 Å². The maximum absolute atomic E-state index is 13.1. The van der Waals surface area contributed by atoms with E-state index >= 15 is 0 Å². The average Bonchev–Trinajstić information content (AvgIpc) is 2.68. The number of methoxy groups -OCH3 is 2. The molecule has 0 bridgehead atoms. The van der Waals surface area contributed by atoms with Crippen LogP contribution in [0, 0.1) is 0 Å². The maximum Gasteiger partial charge on any atom is 0.255 e. The molecule has 0 aliphatic carbocycles. The van der Waals surface area contributed by atoms with Crippen molar-refractivity contribution in [2.45, 2.75) is 13.0 Å². The molecule has 1 aliphatic rings. The van der Waals surface area contributed by atoms with Crippen molar-refractivity contribution >= 4 is 28.9 Å². The van der Waals surface area contributed by atoms with Crippen LogP contribution in [0.3, 0.4) is 0 Å². The molecule has 0 saturated carbocycles. The first kappa shape index (κ1) is 18.7. The lowest BCUT2D eigenvalue weighted by molar-refractivity contribution is -0.113. The minimum absolute atomic E-state index is 0.243. The summed E-state index contributed by atoms with van der Waals surface area (Å²) in [5.41, 5.74) is 2.78. The minimum atomic E-state index is -0.343. The quantitative estimate of drug-likeness (QED) is 0.689. The summed E-state index contributed by atoms with van der Waals surface area (Å²) in [7, 11) is 3.12. The Labute approximate surface area is 163 Å². The van der Waals surface area contributed by atoms with E-state index in [2.05, 4.69) is 16.0 Å². The Morgan fingerprint density at radius 2 is 1.85 bits per heavy atom. The molecule has 0 fully saturated rings. The largest absolute Gasteiger partial charge is 0.497 e. The Morgan fingerprint density at radius 1 is 1.11 bits per heavy atom. The van der Waals surface area contributed by atoms with E-state index in [1.165, 1.54) is 0 Å². The van der Waals surface area contributed by atoms with Gasteiger partial charge in [-0.05, 0) is 36.8 Å². The van der Waals surface area contributed by atoms with E-state index in [0.717, 1.165) is 5.56 Å². The number of carbonyl (C=O) groups is 1. The standard InChI is InChI=1S/C20H21N3O3S/c1-12-17(18(23-20(27)21-12)13-7-5-4-6-8-13)19(24)22-15-10-9-14(25-2)11-16(15)26-3/h4-11,18H,1-3H3,(H,22,24)(H2,21,23,27)/t18-/m0/s1. The van der Waals surface area contributed by atoms with Crippen LogP contribution in [0.1, 0.15) is 18.5 Å². The third-order valence-corrected chi connectivity index (χ3v) is 4.52. The van der Waals surface area contributed by atoms with Crippen LogP contribution in [-0.2, 0) is 4.79 Å². The van der Waals surface area contributed by atoms with Crippen LogP contribution in [0.5, 0.6) is 11.5 Å². The fraction of sp³-hybridized carbons (Fsp3) is 0.200. The third kappa shape index (κ3) is 4.03. The fourth-order valence-corrected chi connectivity index (χ4v) is 3.25. The third-order valence-electron chi connectivity index (χ3n) is 4.30. The summed E-state index contributed by atoms with van der Waals surface area (Å²) in [4.78, 5) is 13.1. The first-order valence-corrected chi connectivity index (χ1v) is 8.81. The van der Waals surface area contributed by atoms with E-state index in [1.54, 1.807) is 32.4 Å². The number of benzene rings is 2. The molecule has 2 aromatic carbocycles. The minimum Gasteiger partial charge on any atom is -0.497 e. The van der Waals surface area contributed by atoms with Gasteiger partial charge in [0.05, 0.1) is 31.5 Å². The predicted molar refractivity (Wildman–Crippen MR) is 109 cm³/mol. The molecule has 1 aliphatic heterocycles. The van der Waals surface area contributed by atoms with Crippen molar-refractivity contribution < 1.29 is 14.3 Å². The molecule has 1 amide bonds. The number of carbonyl (C=O) groups excluding carboxylic acids is 1. The average molecular weight is 383 g/mol. The fourth-order valence-electron chi connectivity index (χ4n) is 2.98. The summed E-state index contributed by atoms with van der Waals surface area (Å²) < 4.78 is 10.6. The van der Waals surface area contributed by atoms with E-state index in [-0.39, 0.29) is 11.9 Å². The molecule has 1 atom stereocenters. The van der Waals surface area contributed by atoms with Crippen molar-refractivity contribution in [3.8, 4) is 11.5 Å². The maximum atomic E-state index is 13.1. The van der Waals surface area contributed by atoms with Gasteiger partial charge in [0.15, 0.2) is 5.11 Å². The zero-order valence-electron chi connectivity index (χ0n) is 15.3. The van der Waals surface area contributed by atoms with Crippen molar-refractivity contribution in [1.82, 2.24) is 10.6 Å². The second-order valence-electron chi connectivity index (χ2n) is 6.00. The number of ether oxygens (including phenoxy) is 2. The molecule has 0 saturated heterocycles. The molecule has 6 nitrogen and oxygen atoms in total. The van der Waals surface area contributed by atoms with Crippen LogP contribution >= 0.6 is 12.2 Å². The normalized spacial score (nSPS) is 16.3. The van der Waals surface area contributed by atoms with Crippen molar-refractivity contribution in [3.63, 3.8) is 0 Å². The second kappa shape index (κ2) is 8.09. The summed E-state index contributed by atoms with van der Waals surface area (Å²) in [6, 6.07) is 14.6. The molecule has 0 unspecified atom stereocenters. The highest BCUT2D eigenvalue weighted by Gasteiger charge is 2.30. The van der Waals surface area contributed by atoms with Crippen LogP contribution in [0.25, 0.3) is 0 Å². The van der Waals surface area contributed by atoms with Gasteiger partial charge in [-0.1, -0.05) is 30.3 Å². The summed E-state index contributed by atoms with van der Waals surface area (Å²) in [6.07, 6.45) is 0. The molecule has 2 aromatic rings. The second-order valence-corrected chi connectivity index (χ2v) is 6.41. The molecule has 0 radical (unpaired) electrons. The smallest absolute Gasteiger partial charge is 0.255 e. The summed E-state index contributed by atoms with van der Waals surface area (Å²) in [6.45, 7) is 1.84. The number of thiocarbonyl (C=S) groups is 1. The van der Waals surface area contributed by atoms with Gasteiger partial charge in [0, 0.05) is 11.8 Å². The van der Waals surface area contributed by atoms with Crippen LogP contribution < -0.4 is 25.4 Å². The van der Waals surface area contributed by atoms with Crippen LogP contribution in [0.15, 0.2) is 59.8 Å². The lowest BCUT2D eigenvalue weighted by Gasteiger charge is -2.30. The molecular formula is C20H21N3O3S. The molecule has 3 rings (SSSR count). The SMILES string of the molecule is COc1ccc(NC(=O)C2=C(C)NC(=S)N[C@H]2c2ccccc2)c(OC)c1. The Hall–Kier alpha value is -3.06. The number of rotatable bonds is 5. The number of hydrogen-bond acceptors (Lipinski definition) is 4. The van der Waals surface area contributed by atoms with E-state index in [9.17, 15) is 4.79 Å². The highest BCUT2D eigenvalue weighted by atomic mass is 32.1. The number of nitrogens with one attached hydrogen (secondary N) is 3. The first-order chi connectivity index (χ1) is 13.0. The van der Waals surface area contributed by atoms with Crippen LogP contribution in [0.2, 0.25) is 0 Å². The molecule has 27 heavy (non-hydrogen) atoms.